The zero-order valence-electron chi connectivity index (χ0n) is 15.7. The quantitative estimate of drug-likeness (QED) is 0.348. The van der Waals surface area contributed by atoms with Crippen LogP contribution in [0.15, 0.2) is 35.2 Å². The van der Waals surface area contributed by atoms with Gasteiger partial charge in [0, 0.05) is 50.1 Å². The number of benzene rings is 1. The Morgan fingerprint density at radius 2 is 2.00 bits per heavy atom. The first-order chi connectivity index (χ1) is 12.3. The second-order valence-electron chi connectivity index (χ2n) is 7.73. The van der Waals surface area contributed by atoms with Crippen LogP contribution in [0.3, 0.4) is 0 Å². The van der Waals surface area contributed by atoms with E-state index in [1.807, 2.05) is 23.1 Å². The van der Waals surface area contributed by atoms with Gasteiger partial charge in [-0.3, -0.25) is 0 Å². The summed E-state index contributed by atoms with van der Waals surface area (Å²) in [5.41, 5.74) is 2.95. The number of fused-ring (bicyclic) bond motifs is 1. The number of hydrogen-bond donors (Lipinski definition) is 0. The van der Waals surface area contributed by atoms with E-state index in [9.17, 15) is 4.39 Å². The molecule has 0 saturated carbocycles. The molecule has 140 valence electrons. The number of aryl methyl sites for hydroxylation is 1. The second kappa shape index (κ2) is 7.66. The van der Waals surface area contributed by atoms with Crippen molar-refractivity contribution in [2.75, 3.05) is 6.61 Å². The SMILES string of the molecule is CCn1cc(-c2cnn(COCC[Si](C)(C)C)c2)c2cc(Br)c(F)cc21. The van der Waals surface area contributed by atoms with Crippen LogP contribution in [0.25, 0.3) is 22.0 Å². The number of halogens is 2. The van der Waals surface area contributed by atoms with Gasteiger partial charge in [0.1, 0.15) is 12.5 Å². The first kappa shape index (κ1) is 19.3. The van der Waals surface area contributed by atoms with Crippen LogP contribution in [-0.2, 0) is 18.0 Å². The molecule has 0 amide bonds. The predicted octanol–water partition coefficient (Wildman–Crippen LogP) is 5.74. The molecule has 0 radical (unpaired) electrons. The predicted molar refractivity (Wildman–Crippen MR) is 111 cm³/mol. The third-order valence-corrected chi connectivity index (χ3v) is 6.74. The Bertz CT molecular complexity index is 914. The molecular weight excluding hydrogens is 413 g/mol. The van der Waals surface area contributed by atoms with Crippen molar-refractivity contribution in [1.29, 1.82) is 0 Å². The minimum Gasteiger partial charge on any atom is -0.360 e. The van der Waals surface area contributed by atoms with Crippen molar-refractivity contribution < 1.29 is 9.13 Å². The van der Waals surface area contributed by atoms with Crippen molar-refractivity contribution in [3.8, 4) is 11.1 Å². The first-order valence-electron chi connectivity index (χ1n) is 8.87. The third-order valence-electron chi connectivity index (χ3n) is 4.43. The maximum absolute atomic E-state index is 13.9. The molecule has 0 spiro atoms. The van der Waals surface area contributed by atoms with E-state index in [0.29, 0.717) is 11.2 Å². The highest BCUT2D eigenvalue weighted by Crippen LogP contribution is 2.33. The van der Waals surface area contributed by atoms with Gasteiger partial charge in [0.2, 0.25) is 0 Å². The molecule has 3 rings (SSSR count). The van der Waals surface area contributed by atoms with Gasteiger partial charge in [-0.1, -0.05) is 19.6 Å². The molecule has 0 atom stereocenters. The summed E-state index contributed by atoms with van der Waals surface area (Å²) < 4.78 is 24.1. The van der Waals surface area contributed by atoms with Gasteiger partial charge < -0.3 is 9.30 Å². The molecule has 3 aromatic rings. The maximum atomic E-state index is 13.9. The third kappa shape index (κ3) is 4.27. The number of nitrogens with zero attached hydrogens (tertiary/aromatic N) is 3. The molecule has 1 aromatic carbocycles. The monoisotopic (exact) mass is 437 g/mol. The summed E-state index contributed by atoms with van der Waals surface area (Å²) in [6, 6.07) is 4.56. The topological polar surface area (TPSA) is 32.0 Å². The van der Waals surface area contributed by atoms with E-state index in [1.165, 1.54) is 0 Å². The van der Waals surface area contributed by atoms with Crippen LogP contribution in [0.4, 0.5) is 4.39 Å². The van der Waals surface area contributed by atoms with E-state index < -0.39 is 8.07 Å². The summed E-state index contributed by atoms with van der Waals surface area (Å²) in [7, 11) is -1.08. The normalized spacial score (nSPS) is 12.2. The van der Waals surface area contributed by atoms with Crippen molar-refractivity contribution in [3.63, 3.8) is 0 Å². The lowest BCUT2D eigenvalue weighted by atomic mass is 10.1. The van der Waals surface area contributed by atoms with Gasteiger partial charge >= 0.3 is 0 Å². The Morgan fingerprint density at radius 1 is 1.23 bits per heavy atom. The van der Waals surface area contributed by atoms with Crippen LogP contribution < -0.4 is 0 Å². The van der Waals surface area contributed by atoms with Gasteiger partial charge in [0.05, 0.1) is 16.2 Å². The van der Waals surface area contributed by atoms with Crippen molar-refractivity contribution in [2.45, 2.75) is 45.9 Å². The molecule has 0 saturated heterocycles. The van der Waals surface area contributed by atoms with Crippen molar-refractivity contribution in [2.24, 2.45) is 0 Å². The zero-order valence-corrected chi connectivity index (χ0v) is 18.3. The average molecular weight is 438 g/mol. The van der Waals surface area contributed by atoms with Gasteiger partial charge in [-0.2, -0.15) is 5.10 Å². The fraction of sp³-hybridized carbons (Fsp3) is 0.421. The second-order valence-corrected chi connectivity index (χ2v) is 14.2. The number of hydrogen-bond acceptors (Lipinski definition) is 2. The lowest BCUT2D eigenvalue weighted by Crippen LogP contribution is -2.22. The van der Waals surface area contributed by atoms with Crippen LogP contribution in [0, 0.1) is 5.82 Å². The van der Waals surface area contributed by atoms with Crippen molar-refractivity contribution in [3.05, 3.63) is 41.0 Å². The summed E-state index contributed by atoms with van der Waals surface area (Å²) in [4.78, 5) is 0. The standard InChI is InChI=1S/C19H25BrFN3OSi/c1-5-23-12-16(15-8-17(20)18(21)9-19(15)23)14-10-22-24(11-14)13-25-6-7-26(2,3)4/h8-12H,5-7,13H2,1-4H3. The van der Waals surface area contributed by atoms with Gasteiger partial charge in [0.15, 0.2) is 0 Å². The van der Waals surface area contributed by atoms with Gasteiger partial charge in [-0.15, -0.1) is 0 Å². The van der Waals surface area contributed by atoms with Crippen LogP contribution in [0.5, 0.6) is 0 Å². The van der Waals surface area contributed by atoms with E-state index >= 15 is 0 Å². The number of rotatable bonds is 7. The highest BCUT2D eigenvalue weighted by molar-refractivity contribution is 9.10. The van der Waals surface area contributed by atoms with Crippen LogP contribution in [-0.4, -0.2) is 29.0 Å². The van der Waals surface area contributed by atoms with E-state index in [2.05, 4.69) is 58.4 Å². The number of ether oxygens (including phenoxy) is 1. The molecule has 7 heteroatoms. The van der Waals surface area contributed by atoms with Gasteiger partial charge in [-0.05, 0) is 41.0 Å². The Kier molecular flexibility index (Phi) is 5.69. The highest BCUT2D eigenvalue weighted by Gasteiger charge is 2.15. The zero-order chi connectivity index (χ0) is 18.9. The summed E-state index contributed by atoms with van der Waals surface area (Å²) >= 11 is 3.30. The molecular formula is C19H25BrFN3OSi. The molecule has 0 aliphatic carbocycles. The Labute approximate surface area is 163 Å². The molecule has 0 aliphatic heterocycles. The lowest BCUT2D eigenvalue weighted by molar-refractivity contribution is 0.0786. The maximum Gasteiger partial charge on any atom is 0.139 e. The minimum absolute atomic E-state index is 0.247. The average Bonchev–Trinajstić information content (AvgIpc) is 3.16. The van der Waals surface area contributed by atoms with Crippen LogP contribution in [0.1, 0.15) is 6.92 Å². The van der Waals surface area contributed by atoms with E-state index in [0.717, 1.165) is 41.2 Å². The van der Waals surface area contributed by atoms with Gasteiger partial charge in [0.25, 0.3) is 0 Å². The molecule has 0 aliphatic rings. The molecule has 0 unspecified atom stereocenters. The lowest BCUT2D eigenvalue weighted by Gasteiger charge is -2.15. The summed E-state index contributed by atoms with van der Waals surface area (Å²) in [6.45, 7) is 11.1. The minimum atomic E-state index is -1.08. The van der Waals surface area contributed by atoms with Crippen LogP contribution in [0.2, 0.25) is 25.7 Å². The summed E-state index contributed by atoms with van der Waals surface area (Å²) in [6.07, 6.45) is 5.89. The molecule has 0 N–H and O–H groups in total. The molecule has 26 heavy (non-hydrogen) atoms. The summed E-state index contributed by atoms with van der Waals surface area (Å²) in [5, 5.41) is 5.43. The van der Waals surface area contributed by atoms with Crippen molar-refractivity contribution >= 4 is 34.9 Å². The number of aromatic nitrogens is 3. The fourth-order valence-electron chi connectivity index (χ4n) is 2.89. The Hall–Kier alpha value is -1.44. The van der Waals surface area contributed by atoms with Crippen LogP contribution >= 0.6 is 15.9 Å². The molecule has 0 bridgehead atoms. The molecule has 4 nitrogen and oxygen atoms in total. The van der Waals surface area contributed by atoms with Crippen molar-refractivity contribution in [1.82, 2.24) is 14.3 Å². The van der Waals surface area contributed by atoms with E-state index in [-0.39, 0.29) is 5.82 Å². The first-order valence-corrected chi connectivity index (χ1v) is 13.4. The highest BCUT2D eigenvalue weighted by atomic mass is 79.9. The smallest absolute Gasteiger partial charge is 0.139 e. The molecule has 2 aromatic heterocycles. The molecule has 0 fully saturated rings. The largest absolute Gasteiger partial charge is 0.360 e. The fourth-order valence-corrected chi connectivity index (χ4v) is 3.99. The van der Waals surface area contributed by atoms with E-state index in [1.54, 1.807) is 6.07 Å². The van der Waals surface area contributed by atoms with E-state index in [4.69, 9.17) is 4.74 Å². The Morgan fingerprint density at radius 3 is 2.69 bits per heavy atom. The van der Waals surface area contributed by atoms with Gasteiger partial charge in [-0.25, -0.2) is 9.07 Å². The molecule has 2 heterocycles. The Balaban J connectivity index is 1.82. The summed E-state index contributed by atoms with van der Waals surface area (Å²) in [5.74, 6) is -0.247.